The van der Waals surface area contributed by atoms with E-state index in [1.807, 2.05) is 11.9 Å². The minimum Gasteiger partial charge on any atom is -0.291 e. The van der Waals surface area contributed by atoms with Crippen LogP contribution in [0.15, 0.2) is 6.20 Å². The summed E-state index contributed by atoms with van der Waals surface area (Å²) in [6.07, 6.45) is 8.28. The average Bonchev–Trinajstić information content (AvgIpc) is 2.58. The zero-order valence-corrected chi connectivity index (χ0v) is 15.5. The van der Waals surface area contributed by atoms with Crippen molar-refractivity contribution >= 4 is 29.1 Å². The lowest BCUT2D eigenvalue weighted by molar-refractivity contribution is -0.0169. The predicted molar refractivity (Wildman–Crippen MR) is 96.5 cm³/mol. The van der Waals surface area contributed by atoms with Crippen molar-refractivity contribution in [3.8, 4) is 0 Å². The lowest BCUT2D eigenvalue weighted by Crippen LogP contribution is -2.65. The number of rotatable bonds is 2. The second kappa shape index (κ2) is 5.47. The molecular formula is C18H24ClN5O. The quantitative estimate of drug-likeness (QED) is 0.756. The van der Waals surface area contributed by atoms with E-state index in [-0.39, 0.29) is 11.3 Å². The first-order chi connectivity index (χ1) is 12.1. The SMILES string of the molecule is CCN1C(=O)N(C)c2cnc(Cl)nc2N1C1C2CC3CC(C2)CC1C3. The smallest absolute Gasteiger partial charge is 0.291 e. The maximum Gasteiger partial charge on any atom is 0.343 e. The predicted octanol–water partition coefficient (Wildman–Crippen LogP) is 3.57. The van der Waals surface area contributed by atoms with E-state index < -0.39 is 0 Å². The molecule has 6 rings (SSSR count). The third-order valence-corrected chi connectivity index (χ3v) is 7.01. The summed E-state index contributed by atoms with van der Waals surface area (Å²) in [6.45, 7) is 2.66. The summed E-state index contributed by atoms with van der Waals surface area (Å²) in [4.78, 5) is 23.3. The summed E-state index contributed by atoms with van der Waals surface area (Å²) in [5.41, 5.74) is 0.757. The van der Waals surface area contributed by atoms with Gasteiger partial charge in [0.15, 0.2) is 5.82 Å². The fourth-order valence-corrected chi connectivity index (χ4v) is 6.25. The van der Waals surface area contributed by atoms with Crippen molar-refractivity contribution in [1.29, 1.82) is 0 Å². The van der Waals surface area contributed by atoms with Crippen molar-refractivity contribution in [1.82, 2.24) is 15.0 Å². The number of urea groups is 1. The van der Waals surface area contributed by atoms with Crippen molar-refractivity contribution in [2.75, 3.05) is 23.5 Å². The first-order valence-electron chi connectivity index (χ1n) is 9.43. The molecule has 1 aromatic rings. The van der Waals surface area contributed by atoms with Gasteiger partial charge >= 0.3 is 6.03 Å². The fraction of sp³-hybridized carbons (Fsp3) is 0.722. The normalized spacial score (nSPS) is 36.2. The number of halogens is 1. The van der Waals surface area contributed by atoms with Crippen LogP contribution in [-0.4, -0.2) is 40.6 Å². The third-order valence-electron chi connectivity index (χ3n) is 6.83. The Morgan fingerprint density at radius 1 is 1.16 bits per heavy atom. The Kier molecular flexibility index (Phi) is 3.43. The van der Waals surface area contributed by atoms with Crippen LogP contribution in [0.2, 0.25) is 5.28 Å². The number of hydrogen-bond donors (Lipinski definition) is 0. The van der Waals surface area contributed by atoms with E-state index in [9.17, 15) is 4.79 Å². The molecule has 4 aliphatic carbocycles. The van der Waals surface area contributed by atoms with Gasteiger partial charge in [-0.3, -0.25) is 9.91 Å². The van der Waals surface area contributed by atoms with Crippen molar-refractivity contribution < 1.29 is 4.79 Å². The number of amides is 2. The third kappa shape index (κ3) is 2.19. The van der Waals surface area contributed by atoms with E-state index in [1.165, 1.54) is 32.1 Å². The van der Waals surface area contributed by atoms with Crippen molar-refractivity contribution in [3.63, 3.8) is 0 Å². The highest BCUT2D eigenvalue weighted by Crippen LogP contribution is 2.56. The average molecular weight is 362 g/mol. The van der Waals surface area contributed by atoms with Crippen LogP contribution in [0, 0.1) is 23.7 Å². The summed E-state index contributed by atoms with van der Waals surface area (Å²) < 4.78 is 0. The lowest BCUT2D eigenvalue weighted by atomic mass is 9.54. The molecule has 2 amide bonds. The number of anilines is 2. The molecular weight excluding hydrogens is 338 g/mol. The number of hydrazine groups is 1. The highest BCUT2D eigenvalue weighted by Gasteiger charge is 2.53. The first kappa shape index (κ1) is 15.7. The van der Waals surface area contributed by atoms with E-state index in [0.717, 1.165) is 23.3 Å². The van der Waals surface area contributed by atoms with Gasteiger partial charge in [0.2, 0.25) is 5.28 Å². The van der Waals surface area contributed by atoms with E-state index in [4.69, 9.17) is 11.6 Å². The molecule has 0 saturated heterocycles. The molecule has 4 bridgehead atoms. The highest BCUT2D eigenvalue weighted by molar-refractivity contribution is 6.28. The molecule has 0 N–H and O–H groups in total. The van der Waals surface area contributed by atoms with Crippen molar-refractivity contribution in [3.05, 3.63) is 11.5 Å². The molecule has 134 valence electrons. The number of nitrogens with zero attached hydrogens (tertiary/aromatic N) is 5. The number of aromatic nitrogens is 2. The van der Waals surface area contributed by atoms with Gasteiger partial charge in [-0.2, -0.15) is 4.98 Å². The van der Waals surface area contributed by atoms with Crippen LogP contribution in [0.3, 0.4) is 0 Å². The van der Waals surface area contributed by atoms with E-state index >= 15 is 0 Å². The van der Waals surface area contributed by atoms with Gasteiger partial charge in [0, 0.05) is 13.6 Å². The van der Waals surface area contributed by atoms with Crippen LogP contribution in [0.5, 0.6) is 0 Å². The van der Waals surface area contributed by atoms with E-state index in [1.54, 1.807) is 18.1 Å². The summed E-state index contributed by atoms with van der Waals surface area (Å²) in [5, 5.41) is 4.29. The number of carbonyl (C=O) groups is 1. The van der Waals surface area contributed by atoms with E-state index in [0.29, 0.717) is 24.4 Å². The van der Waals surface area contributed by atoms with Gasteiger partial charge < -0.3 is 0 Å². The molecule has 6 nitrogen and oxygen atoms in total. The lowest BCUT2D eigenvalue weighted by Gasteiger charge is -2.59. The monoisotopic (exact) mass is 361 g/mol. The van der Waals surface area contributed by atoms with E-state index in [2.05, 4.69) is 15.0 Å². The maximum atomic E-state index is 13.0. The summed E-state index contributed by atoms with van der Waals surface area (Å²) in [7, 11) is 1.79. The Morgan fingerprint density at radius 2 is 1.80 bits per heavy atom. The van der Waals surface area contributed by atoms with Gasteiger partial charge in [-0.25, -0.2) is 14.8 Å². The van der Waals surface area contributed by atoms with Gasteiger partial charge in [-0.1, -0.05) is 0 Å². The van der Waals surface area contributed by atoms with Crippen LogP contribution in [-0.2, 0) is 0 Å². The Labute approximate surface area is 153 Å². The maximum absolute atomic E-state index is 13.0. The molecule has 25 heavy (non-hydrogen) atoms. The minimum absolute atomic E-state index is 0.00488. The second-order valence-electron chi connectivity index (χ2n) is 8.17. The molecule has 0 atom stereocenters. The van der Waals surface area contributed by atoms with Gasteiger partial charge in [-0.15, -0.1) is 0 Å². The molecule has 0 unspecified atom stereocenters. The molecule has 4 fully saturated rings. The van der Waals surface area contributed by atoms with Crippen LogP contribution < -0.4 is 9.91 Å². The molecule has 7 heteroatoms. The highest BCUT2D eigenvalue weighted by atomic mass is 35.5. The Hall–Kier alpha value is -1.56. The Bertz CT molecular complexity index is 697. The topological polar surface area (TPSA) is 52.6 Å². The molecule has 1 aromatic heterocycles. The Morgan fingerprint density at radius 3 is 2.40 bits per heavy atom. The molecule has 0 aromatic carbocycles. The van der Waals surface area contributed by atoms with Crippen LogP contribution in [0.25, 0.3) is 0 Å². The standard InChI is InChI=1S/C18H24ClN5O/c1-3-23-18(25)22(2)14-9-20-17(19)21-16(14)24(23)15-12-5-10-4-11(7-12)8-13(15)6-10/h9-13,15H,3-8H2,1-2H3. The zero-order valence-electron chi connectivity index (χ0n) is 14.7. The molecule has 5 aliphatic rings. The zero-order chi connectivity index (χ0) is 17.3. The summed E-state index contributed by atoms with van der Waals surface area (Å²) in [6, 6.07) is 0.352. The van der Waals surface area contributed by atoms with Crippen LogP contribution >= 0.6 is 11.6 Å². The Balaban J connectivity index is 1.62. The number of fused-ring (bicyclic) bond motifs is 1. The number of carbonyl (C=O) groups excluding carboxylic acids is 1. The molecule has 0 radical (unpaired) electrons. The molecule has 0 spiro atoms. The molecule has 1 aliphatic heterocycles. The van der Waals surface area contributed by atoms with Gasteiger partial charge in [0.05, 0.1) is 12.2 Å². The molecule has 2 heterocycles. The summed E-state index contributed by atoms with van der Waals surface area (Å²) in [5.74, 6) is 3.89. The minimum atomic E-state index is -0.00488. The van der Waals surface area contributed by atoms with Gasteiger partial charge in [0.1, 0.15) is 5.69 Å². The largest absolute Gasteiger partial charge is 0.343 e. The van der Waals surface area contributed by atoms with Crippen LogP contribution in [0.4, 0.5) is 16.3 Å². The second-order valence-corrected chi connectivity index (χ2v) is 8.51. The number of hydrogen-bond acceptors (Lipinski definition) is 4. The van der Waals surface area contributed by atoms with Crippen LogP contribution in [0.1, 0.15) is 39.0 Å². The summed E-state index contributed by atoms with van der Waals surface area (Å²) >= 11 is 6.14. The molecule has 4 saturated carbocycles. The van der Waals surface area contributed by atoms with Gasteiger partial charge in [-0.05, 0) is 74.3 Å². The van der Waals surface area contributed by atoms with Crippen molar-refractivity contribution in [2.24, 2.45) is 23.7 Å². The fourth-order valence-electron chi connectivity index (χ4n) is 6.12. The van der Waals surface area contributed by atoms with Crippen molar-refractivity contribution in [2.45, 2.75) is 45.1 Å². The van der Waals surface area contributed by atoms with Gasteiger partial charge in [0.25, 0.3) is 0 Å². The first-order valence-corrected chi connectivity index (χ1v) is 9.81.